The van der Waals surface area contributed by atoms with Gasteiger partial charge in [-0.2, -0.15) is 0 Å². The SMILES string of the molecule is O=[N+]([O-])[O-].[Cl-].[Mg+2].[Na+]. The van der Waals surface area contributed by atoms with Gasteiger partial charge in [0, 0.05) is 0 Å². The van der Waals surface area contributed by atoms with E-state index >= 15 is 0 Å². The van der Waals surface area contributed by atoms with Crippen LogP contribution in [-0.2, 0) is 0 Å². The van der Waals surface area contributed by atoms with Crippen molar-refractivity contribution in [1.82, 2.24) is 0 Å². The van der Waals surface area contributed by atoms with Crippen LogP contribution in [-0.4, -0.2) is 28.1 Å². The topological polar surface area (TPSA) is 66.2 Å². The van der Waals surface area contributed by atoms with Gasteiger partial charge in [0.25, 0.3) is 0 Å². The van der Waals surface area contributed by atoms with E-state index in [1.54, 1.807) is 0 Å². The maximum Gasteiger partial charge on any atom is 2.00 e. The van der Waals surface area contributed by atoms with Gasteiger partial charge in [-0.3, -0.25) is 0 Å². The molecular weight excluding hydrogens is 145 g/mol. The summed E-state index contributed by atoms with van der Waals surface area (Å²) < 4.78 is 0. The molecule has 0 saturated carbocycles. The third kappa shape index (κ3) is 127. The average molecular weight is 145 g/mol. The van der Waals surface area contributed by atoms with Crippen LogP contribution in [0.4, 0.5) is 0 Å². The van der Waals surface area contributed by atoms with Crippen LogP contribution in [0.25, 0.3) is 0 Å². The molecule has 7 heavy (non-hydrogen) atoms. The summed E-state index contributed by atoms with van der Waals surface area (Å²) in [6.45, 7) is 0. The molecule has 0 rings (SSSR count). The Morgan fingerprint density at radius 2 is 1.29 bits per heavy atom. The van der Waals surface area contributed by atoms with Crippen LogP contribution in [0.1, 0.15) is 0 Å². The molecule has 0 aliphatic rings. The Hall–Kier alpha value is 1.26. The summed E-state index contributed by atoms with van der Waals surface area (Å²) in [5.41, 5.74) is 0. The Morgan fingerprint density at radius 1 is 1.29 bits per heavy atom. The molecule has 0 amide bonds. The maximum atomic E-state index is 8.25. The molecule has 4 nitrogen and oxygen atoms in total. The minimum Gasteiger partial charge on any atom is -1.00 e. The summed E-state index contributed by atoms with van der Waals surface area (Å²) >= 11 is 0. The van der Waals surface area contributed by atoms with Crippen LogP contribution in [0, 0.1) is 15.3 Å². The predicted octanol–water partition coefficient (Wildman–Crippen LogP) is -6.61. The molecule has 7 heteroatoms. The first-order valence-corrected chi connectivity index (χ1v) is 0.548. The fourth-order valence-corrected chi connectivity index (χ4v) is 0. The van der Waals surface area contributed by atoms with Crippen LogP contribution >= 0.6 is 0 Å². The molecule has 0 bridgehead atoms. The third-order valence-corrected chi connectivity index (χ3v) is 0. The van der Waals surface area contributed by atoms with Gasteiger partial charge in [-0.1, -0.05) is 0 Å². The Labute approximate surface area is 84.6 Å². The Bertz CT molecular complexity index is 37.9. The first-order chi connectivity index (χ1) is 1.73. The standard InChI is InChI=1S/ClH.Mg.NO3.Na/c;;2-1(3)4;/h1H;;;/q;+2;-1;+1/p-1. The number of nitrogens with zero attached hydrogens (tertiary/aromatic N) is 1. The number of halogens is 1. The first-order valence-electron chi connectivity index (χ1n) is 0.548. The molecule has 0 atom stereocenters. The summed E-state index contributed by atoms with van der Waals surface area (Å²) in [6, 6.07) is 0. The van der Waals surface area contributed by atoms with Gasteiger partial charge in [-0.15, -0.1) is 0 Å². The Balaban J connectivity index is -0.0000000150. The van der Waals surface area contributed by atoms with Crippen molar-refractivity contribution in [2.24, 2.45) is 0 Å². The summed E-state index contributed by atoms with van der Waals surface area (Å²) in [5.74, 6) is 0. The number of rotatable bonds is 0. The van der Waals surface area contributed by atoms with Crippen LogP contribution < -0.4 is 42.0 Å². The summed E-state index contributed by atoms with van der Waals surface area (Å²) in [4.78, 5) is 8.25. The zero-order valence-electron chi connectivity index (χ0n) is 3.76. The van der Waals surface area contributed by atoms with Gasteiger partial charge < -0.3 is 27.7 Å². The largest absolute Gasteiger partial charge is 2.00 e. The normalized spacial score (nSPS) is 3.43. The number of hydrogen-bond donors (Lipinski definition) is 0. The van der Waals surface area contributed by atoms with E-state index in [4.69, 9.17) is 15.3 Å². The summed E-state index contributed by atoms with van der Waals surface area (Å²) in [7, 11) is 0. The van der Waals surface area contributed by atoms with E-state index in [1.807, 2.05) is 0 Å². The van der Waals surface area contributed by atoms with Crippen molar-refractivity contribution in [3.63, 3.8) is 0 Å². The molecule has 32 valence electrons. The van der Waals surface area contributed by atoms with E-state index in [0.29, 0.717) is 0 Å². The van der Waals surface area contributed by atoms with Gasteiger partial charge >= 0.3 is 52.6 Å². The van der Waals surface area contributed by atoms with Gasteiger partial charge in [0.05, 0.1) is 5.09 Å². The molecule has 0 unspecified atom stereocenters. The van der Waals surface area contributed by atoms with E-state index in [0.717, 1.165) is 0 Å². The van der Waals surface area contributed by atoms with Gasteiger partial charge in [0.1, 0.15) is 0 Å². The summed E-state index contributed by atoms with van der Waals surface area (Å²) in [6.07, 6.45) is 0. The van der Waals surface area contributed by atoms with Crippen molar-refractivity contribution in [2.45, 2.75) is 0 Å². The molecule has 0 spiro atoms. The molecule has 0 aromatic heterocycles. The van der Waals surface area contributed by atoms with E-state index in [-0.39, 0.29) is 65.0 Å². The maximum absolute atomic E-state index is 8.25. The second-order valence-corrected chi connectivity index (χ2v) is 0.224. The Kier molecular flexibility index (Phi) is 53.7. The van der Waals surface area contributed by atoms with Crippen LogP contribution in [0.5, 0.6) is 0 Å². The van der Waals surface area contributed by atoms with Crippen LogP contribution in [0.2, 0.25) is 0 Å². The fourth-order valence-electron chi connectivity index (χ4n) is 0. The molecule has 0 aromatic carbocycles. The molecule has 0 aromatic rings. The van der Waals surface area contributed by atoms with Crippen molar-refractivity contribution in [1.29, 1.82) is 0 Å². The van der Waals surface area contributed by atoms with Crippen molar-refractivity contribution >= 4 is 23.1 Å². The van der Waals surface area contributed by atoms with Gasteiger partial charge in [0.2, 0.25) is 0 Å². The van der Waals surface area contributed by atoms with Gasteiger partial charge in [0.15, 0.2) is 0 Å². The van der Waals surface area contributed by atoms with E-state index in [9.17, 15) is 0 Å². The molecule has 0 fully saturated rings. The molecule has 0 heterocycles. The average Bonchev–Trinajstić information content (AvgIpc) is 0.811. The van der Waals surface area contributed by atoms with Crippen LogP contribution in [0.15, 0.2) is 0 Å². The van der Waals surface area contributed by atoms with E-state index in [1.165, 1.54) is 0 Å². The monoisotopic (exact) mass is 144 g/mol. The quantitative estimate of drug-likeness (QED) is 0.193. The molecule has 0 aliphatic heterocycles. The van der Waals surface area contributed by atoms with E-state index < -0.39 is 5.09 Å². The van der Waals surface area contributed by atoms with Crippen LogP contribution in [0.3, 0.4) is 0 Å². The molecule has 0 N–H and O–H groups in total. The van der Waals surface area contributed by atoms with Crippen molar-refractivity contribution in [3.8, 4) is 0 Å². The van der Waals surface area contributed by atoms with Crippen molar-refractivity contribution in [2.75, 3.05) is 0 Å². The second-order valence-electron chi connectivity index (χ2n) is 0.224. The van der Waals surface area contributed by atoms with Crippen molar-refractivity contribution in [3.05, 3.63) is 15.3 Å². The number of hydrogen-bond acceptors (Lipinski definition) is 3. The van der Waals surface area contributed by atoms with E-state index in [2.05, 4.69) is 0 Å². The molecular formula is ClMgNNaO3+. The van der Waals surface area contributed by atoms with Gasteiger partial charge in [-0.05, 0) is 0 Å². The zero-order valence-corrected chi connectivity index (χ0v) is 7.93. The fraction of sp³-hybridized carbons (Fsp3) is 0. The zero-order chi connectivity index (χ0) is 3.58. The molecule has 0 radical (unpaired) electrons. The second kappa shape index (κ2) is 15.7. The summed E-state index contributed by atoms with van der Waals surface area (Å²) in [5, 5.41) is 14.8. The first kappa shape index (κ1) is 24.0. The van der Waals surface area contributed by atoms with Gasteiger partial charge in [-0.25, -0.2) is 0 Å². The molecule has 0 saturated heterocycles. The predicted molar refractivity (Wildman–Crippen MR) is 16.1 cm³/mol. The minimum atomic E-state index is -1.75. The minimum absolute atomic E-state index is 0. The smallest absolute Gasteiger partial charge is 1.00 e. The third-order valence-electron chi connectivity index (χ3n) is 0. The Morgan fingerprint density at radius 3 is 1.29 bits per heavy atom. The van der Waals surface area contributed by atoms with Crippen molar-refractivity contribution < 1.29 is 47.1 Å². The molecule has 0 aliphatic carbocycles.